The van der Waals surface area contributed by atoms with Crippen LogP contribution in [0.4, 0.5) is 16.0 Å². The summed E-state index contributed by atoms with van der Waals surface area (Å²) in [6.45, 7) is 3.39. The molecule has 2 aromatic heterocycles. The first-order chi connectivity index (χ1) is 11.0. The van der Waals surface area contributed by atoms with Gasteiger partial charge in [-0.1, -0.05) is 34.3 Å². The molecule has 0 radical (unpaired) electrons. The molecule has 0 spiro atoms. The maximum atomic E-state index is 11.1. The number of halogens is 1. The van der Waals surface area contributed by atoms with E-state index in [1.54, 1.807) is 11.3 Å². The van der Waals surface area contributed by atoms with Crippen molar-refractivity contribution in [3.8, 4) is 10.6 Å². The summed E-state index contributed by atoms with van der Waals surface area (Å²) in [4.78, 5) is 21.1. The van der Waals surface area contributed by atoms with Crippen molar-refractivity contribution >= 4 is 56.1 Å². The second kappa shape index (κ2) is 6.76. The van der Waals surface area contributed by atoms with Crippen LogP contribution in [0.5, 0.6) is 0 Å². The fourth-order valence-corrected chi connectivity index (χ4v) is 3.93. The lowest BCUT2D eigenvalue weighted by atomic mass is 10.3. The first-order valence-corrected chi connectivity index (χ1v) is 8.90. The average Bonchev–Trinajstić information content (AvgIpc) is 3.07. The largest absolute Gasteiger partial charge is 0.302 e. The zero-order valence-corrected chi connectivity index (χ0v) is 14.9. The summed E-state index contributed by atoms with van der Waals surface area (Å²) in [6, 6.07) is 7.62. The van der Waals surface area contributed by atoms with E-state index in [1.807, 2.05) is 41.9 Å². The smallest absolute Gasteiger partial charge is 0.288 e. The Morgan fingerprint density at radius 2 is 2.00 bits per heavy atom. The monoisotopic (exact) mass is 365 g/mol. The van der Waals surface area contributed by atoms with E-state index in [9.17, 15) is 4.79 Å². The Morgan fingerprint density at radius 1 is 1.26 bits per heavy atom. The van der Waals surface area contributed by atoms with Crippen molar-refractivity contribution < 1.29 is 10.1 Å². The van der Waals surface area contributed by atoms with E-state index in [4.69, 9.17) is 11.6 Å². The van der Waals surface area contributed by atoms with E-state index in [1.165, 1.54) is 18.3 Å². The van der Waals surface area contributed by atoms with E-state index in [0.717, 1.165) is 27.1 Å². The zero-order valence-electron chi connectivity index (χ0n) is 12.5. The molecule has 1 aromatic carbocycles. The molecular formula is C15H14ClN4OS2+. The number of aryl methyl sites for hydroxylation is 1. The van der Waals surface area contributed by atoms with Crippen LogP contribution in [0.2, 0.25) is 5.02 Å². The van der Waals surface area contributed by atoms with E-state index in [-0.39, 0.29) is 5.91 Å². The number of quaternary nitrogens is 1. The molecule has 0 saturated heterocycles. The summed E-state index contributed by atoms with van der Waals surface area (Å²) >= 11 is 8.89. The van der Waals surface area contributed by atoms with Crippen molar-refractivity contribution in [2.45, 2.75) is 13.8 Å². The maximum Gasteiger partial charge on any atom is 0.288 e. The number of hydrogen-bond acceptors (Lipinski definition) is 5. The van der Waals surface area contributed by atoms with Crippen LogP contribution >= 0.6 is 34.3 Å². The van der Waals surface area contributed by atoms with Gasteiger partial charge in [-0.25, -0.2) is 4.98 Å². The quantitative estimate of drug-likeness (QED) is 0.692. The molecule has 0 saturated carbocycles. The molecule has 0 aliphatic carbocycles. The van der Waals surface area contributed by atoms with Crippen LogP contribution in [0.1, 0.15) is 12.6 Å². The average molecular weight is 366 g/mol. The molecule has 118 valence electrons. The summed E-state index contributed by atoms with van der Waals surface area (Å²) in [5.41, 5.74) is 2.79. The van der Waals surface area contributed by atoms with Crippen LogP contribution in [-0.4, -0.2) is 15.9 Å². The third-order valence-corrected chi connectivity index (χ3v) is 5.13. The topological polar surface area (TPSA) is 71.5 Å². The van der Waals surface area contributed by atoms with Crippen molar-refractivity contribution in [3.05, 3.63) is 40.4 Å². The zero-order chi connectivity index (χ0) is 16.4. The number of rotatable bonds is 4. The predicted octanol–water partition coefficient (Wildman–Crippen LogP) is 3.71. The van der Waals surface area contributed by atoms with Crippen molar-refractivity contribution in [3.63, 3.8) is 0 Å². The highest BCUT2D eigenvalue weighted by molar-refractivity contribution is 7.19. The van der Waals surface area contributed by atoms with Crippen LogP contribution in [0.15, 0.2) is 29.6 Å². The van der Waals surface area contributed by atoms with Crippen LogP contribution in [0.3, 0.4) is 0 Å². The van der Waals surface area contributed by atoms with Crippen molar-refractivity contribution in [2.75, 3.05) is 5.32 Å². The minimum Gasteiger partial charge on any atom is -0.302 e. The molecule has 3 aromatic rings. The van der Waals surface area contributed by atoms with Gasteiger partial charge in [0.15, 0.2) is 5.13 Å². The first kappa shape index (κ1) is 16.1. The third-order valence-electron chi connectivity index (χ3n) is 2.99. The molecular weight excluding hydrogens is 352 g/mol. The Morgan fingerprint density at radius 3 is 2.70 bits per heavy atom. The summed E-state index contributed by atoms with van der Waals surface area (Å²) < 4.78 is 0. The van der Waals surface area contributed by atoms with Gasteiger partial charge in [0.2, 0.25) is 5.91 Å². The van der Waals surface area contributed by atoms with E-state index < -0.39 is 0 Å². The van der Waals surface area contributed by atoms with E-state index in [2.05, 4.69) is 15.3 Å². The Kier molecular flexibility index (Phi) is 4.72. The fourth-order valence-electron chi connectivity index (χ4n) is 2.00. The highest BCUT2D eigenvalue weighted by Crippen LogP contribution is 2.33. The van der Waals surface area contributed by atoms with Gasteiger partial charge in [-0.2, -0.15) is 4.98 Å². The number of carbonyl (C=O) groups is 1. The molecule has 0 aliphatic heterocycles. The molecule has 0 unspecified atom stereocenters. The third kappa shape index (κ3) is 3.94. The number of thiazole rings is 2. The molecule has 0 fully saturated rings. The van der Waals surface area contributed by atoms with Gasteiger partial charge in [0.1, 0.15) is 5.69 Å². The summed E-state index contributed by atoms with van der Waals surface area (Å²) in [7, 11) is 0. The number of anilines is 1. The second-order valence-corrected chi connectivity index (χ2v) is 7.21. The van der Waals surface area contributed by atoms with Gasteiger partial charge in [-0.05, 0) is 19.1 Å². The molecule has 23 heavy (non-hydrogen) atoms. The Balaban J connectivity index is 1.80. The fraction of sp³-hybridized carbons (Fsp3) is 0.133. The number of carbonyl (C=O) groups excluding carboxylic acids is 1. The number of hydrogen-bond donors (Lipinski definition) is 2. The molecule has 2 heterocycles. The van der Waals surface area contributed by atoms with Crippen LogP contribution in [0.25, 0.3) is 10.6 Å². The SMILES string of the molecule is CC(=O)Nc1nc(C)c(-c2csc([NH2+]c3ccc(Cl)cc3)n2)s1. The number of nitrogens with zero attached hydrogens (tertiary/aromatic N) is 2. The molecule has 0 atom stereocenters. The van der Waals surface area contributed by atoms with Crippen LogP contribution < -0.4 is 10.6 Å². The molecule has 1 amide bonds. The molecule has 5 nitrogen and oxygen atoms in total. The van der Waals surface area contributed by atoms with Gasteiger partial charge in [-0.3, -0.25) is 10.1 Å². The van der Waals surface area contributed by atoms with Crippen LogP contribution in [0, 0.1) is 6.92 Å². The minimum absolute atomic E-state index is 0.125. The number of nitrogens with one attached hydrogen (secondary N) is 1. The van der Waals surface area contributed by atoms with Gasteiger partial charge in [0.05, 0.1) is 16.3 Å². The maximum absolute atomic E-state index is 11.1. The lowest BCUT2D eigenvalue weighted by Gasteiger charge is -1.96. The van der Waals surface area contributed by atoms with E-state index in [0.29, 0.717) is 10.2 Å². The van der Waals surface area contributed by atoms with Crippen molar-refractivity contribution in [1.82, 2.24) is 9.97 Å². The Bertz CT molecular complexity index is 842. The Labute approximate surface area is 146 Å². The standard InChI is InChI=1S/C15H13ClN4OS2/c1-8-13(23-15(17-8)18-9(2)21)12-7-22-14(20-12)19-11-5-3-10(16)4-6-11/h3-7H,1-2H3,(H,19,20)(H,17,18,21)/p+1. The van der Waals surface area contributed by atoms with Gasteiger partial charge < -0.3 is 5.32 Å². The Hall–Kier alpha value is -1.80. The normalized spacial score (nSPS) is 10.7. The summed E-state index contributed by atoms with van der Waals surface area (Å²) in [5, 5.41) is 8.95. The van der Waals surface area contributed by atoms with E-state index >= 15 is 0 Å². The summed E-state index contributed by atoms with van der Waals surface area (Å²) in [6.07, 6.45) is 0. The molecule has 8 heteroatoms. The van der Waals surface area contributed by atoms with Gasteiger partial charge in [0, 0.05) is 29.5 Å². The van der Waals surface area contributed by atoms with Gasteiger partial charge in [0.25, 0.3) is 5.13 Å². The number of nitrogens with two attached hydrogens (primary N) is 1. The van der Waals surface area contributed by atoms with Crippen LogP contribution in [-0.2, 0) is 4.79 Å². The summed E-state index contributed by atoms with van der Waals surface area (Å²) in [5.74, 6) is -0.125. The first-order valence-electron chi connectivity index (χ1n) is 6.82. The van der Waals surface area contributed by atoms with Gasteiger partial charge >= 0.3 is 0 Å². The van der Waals surface area contributed by atoms with Crippen molar-refractivity contribution in [1.29, 1.82) is 0 Å². The predicted molar refractivity (Wildman–Crippen MR) is 95.0 cm³/mol. The lowest BCUT2D eigenvalue weighted by Crippen LogP contribution is -2.70. The minimum atomic E-state index is -0.125. The highest BCUT2D eigenvalue weighted by atomic mass is 35.5. The molecule has 0 bridgehead atoms. The molecule has 0 aliphatic rings. The second-order valence-electron chi connectivity index (χ2n) is 4.88. The molecule has 3 N–H and O–H groups in total. The number of amides is 1. The lowest BCUT2D eigenvalue weighted by molar-refractivity contribution is -0.478. The number of benzene rings is 1. The van der Waals surface area contributed by atoms with Crippen molar-refractivity contribution in [2.24, 2.45) is 0 Å². The van der Waals surface area contributed by atoms with Gasteiger partial charge in [-0.15, -0.1) is 0 Å². The number of aromatic nitrogens is 2. The molecule has 3 rings (SSSR count). The highest BCUT2D eigenvalue weighted by Gasteiger charge is 2.15.